The van der Waals surface area contributed by atoms with Gasteiger partial charge >= 0.3 is 0 Å². The van der Waals surface area contributed by atoms with Gasteiger partial charge in [-0.1, -0.05) is 0 Å². The van der Waals surface area contributed by atoms with Crippen LogP contribution in [0.4, 0.5) is 14.5 Å². The third-order valence-corrected chi connectivity index (χ3v) is 3.79. The number of benzene rings is 1. The summed E-state index contributed by atoms with van der Waals surface area (Å²) in [5.74, 6) is -2.45. The van der Waals surface area contributed by atoms with Gasteiger partial charge in [-0.25, -0.2) is 17.2 Å². The summed E-state index contributed by atoms with van der Waals surface area (Å²) < 4.78 is 54.8. The van der Waals surface area contributed by atoms with Gasteiger partial charge in [-0.05, 0) is 12.1 Å². The van der Waals surface area contributed by atoms with E-state index in [2.05, 4.69) is 5.32 Å². The highest BCUT2D eigenvalue weighted by molar-refractivity contribution is 7.88. The topological polar surface area (TPSA) is 75.7 Å². The third-order valence-electron chi connectivity index (χ3n) is 2.54. The number of nitrogens with one attached hydrogen (secondary N) is 1. The minimum absolute atomic E-state index is 0.00530. The molecule has 0 fully saturated rings. The molecule has 0 aliphatic rings. The van der Waals surface area contributed by atoms with Gasteiger partial charge in [0.2, 0.25) is 15.9 Å². The van der Waals surface area contributed by atoms with Crippen molar-refractivity contribution < 1.29 is 26.7 Å². The van der Waals surface area contributed by atoms with Crippen LogP contribution in [0.1, 0.15) is 0 Å². The predicted octanol–water partition coefficient (Wildman–Crippen LogP) is 0.811. The Kier molecular flexibility index (Phi) is 6.19. The first kappa shape index (κ1) is 17.5. The van der Waals surface area contributed by atoms with Gasteiger partial charge in [0.25, 0.3) is 0 Å². The Labute approximate surface area is 121 Å². The Morgan fingerprint density at radius 3 is 2.57 bits per heavy atom. The minimum Gasteiger partial charge on any atom is -0.383 e. The normalized spacial score (nSPS) is 11.7. The molecule has 6 nitrogen and oxygen atoms in total. The van der Waals surface area contributed by atoms with Gasteiger partial charge in [-0.15, -0.1) is 0 Å². The smallest absolute Gasteiger partial charge is 0.239 e. The number of nitrogens with zero attached hydrogens (tertiary/aromatic N) is 1. The van der Waals surface area contributed by atoms with E-state index in [4.69, 9.17) is 4.74 Å². The van der Waals surface area contributed by atoms with Gasteiger partial charge in [0.1, 0.15) is 11.6 Å². The molecular weight excluding hydrogens is 306 g/mol. The van der Waals surface area contributed by atoms with Crippen LogP contribution in [0, 0.1) is 11.6 Å². The van der Waals surface area contributed by atoms with E-state index in [9.17, 15) is 22.0 Å². The zero-order valence-electron chi connectivity index (χ0n) is 11.6. The highest BCUT2D eigenvalue weighted by atomic mass is 32.2. The van der Waals surface area contributed by atoms with Crippen molar-refractivity contribution in [3.63, 3.8) is 0 Å². The van der Waals surface area contributed by atoms with Crippen molar-refractivity contribution in [3.05, 3.63) is 29.8 Å². The molecule has 0 bridgehead atoms. The van der Waals surface area contributed by atoms with Crippen LogP contribution in [-0.4, -0.2) is 51.7 Å². The molecule has 0 spiro atoms. The van der Waals surface area contributed by atoms with Crippen LogP contribution in [0.25, 0.3) is 0 Å². The number of amides is 1. The number of methoxy groups -OCH3 is 1. The molecule has 0 saturated heterocycles. The fraction of sp³-hybridized carbons (Fsp3) is 0.417. The van der Waals surface area contributed by atoms with E-state index in [0.29, 0.717) is 6.07 Å². The molecule has 0 heterocycles. The average molecular weight is 322 g/mol. The molecule has 1 rings (SSSR count). The first-order chi connectivity index (χ1) is 9.74. The highest BCUT2D eigenvalue weighted by Gasteiger charge is 2.20. The van der Waals surface area contributed by atoms with Crippen molar-refractivity contribution in [2.75, 3.05) is 38.4 Å². The zero-order chi connectivity index (χ0) is 16.0. The van der Waals surface area contributed by atoms with E-state index in [1.807, 2.05) is 0 Å². The summed E-state index contributed by atoms with van der Waals surface area (Å²) in [5, 5.41) is 2.19. The maximum Gasteiger partial charge on any atom is 0.239 e. The summed E-state index contributed by atoms with van der Waals surface area (Å²) in [6.07, 6.45) is 0.953. The van der Waals surface area contributed by atoms with Crippen molar-refractivity contribution in [1.29, 1.82) is 0 Å². The second kappa shape index (κ2) is 7.43. The molecule has 0 aromatic heterocycles. The van der Waals surface area contributed by atoms with Crippen LogP contribution in [-0.2, 0) is 19.6 Å². The Morgan fingerprint density at radius 2 is 2.05 bits per heavy atom. The van der Waals surface area contributed by atoms with Crippen molar-refractivity contribution in [1.82, 2.24) is 4.31 Å². The van der Waals surface area contributed by atoms with Crippen molar-refractivity contribution in [2.45, 2.75) is 0 Å². The summed E-state index contributed by atoms with van der Waals surface area (Å²) in [5.41, 5.74) is -0.221. The Bertz CT molecular complexity index is 607. The van der Waals surface area contributed by atoms with Crippen molar-refractivity contribution >= 4 is 21.6 Å². The molecule has 0 saturated carbocycles. The molecule has 1 aromatic rings. The Hall–Kier alpha value is -1.58. The molecule has 0 aliphatic heterocycles. The summed E-state index contributed by atoms with van der Waals surface area (Å²) in [6, 6.07) is 2.66. The average Bonchev–Trinajstić information content (AvgIpc) is 2.36. The summed E-state index contributed by atoms with van der Waals surface area (Å²) in [6.45, 7) is -0.376. The molecule has 1 amide bonds. The molecule has 0 aliphatic carbocycles. The molecule has 9 heteroatoms. The van der Waals surface area contributed by atoms with E-state index in [-0.39, 0.29) is 18.8 Å². The Balaban J connectivity index is 2.74. The standard InChI is InChI=1S/C12H16F2N2O4S/c1-20-6-5-16(21(2,18)19)8-12(17)15-11-4-3-9(13)7-10(11)14/h3-4,7H,5-6,8H2,1-2H3,(H,15,17). The SMILES string of the molecule is COCCN(CC(=O)Nc1ccc(F)cc1F)S(C)(=O)=O. The molecule has 0 radical (unpaired) electrons. The van der Waals surface area contributed by atoms with Gasteiger partial charge in [0.05, 0.1) is 25.1 Å². The number of hydrogen-bond acceptors (Lipinski definition) is 4. The third kappa shape index (κ3) is 5.74. The fourth-order valence-corrected chi connectivity index (χ4v) is 2.25. The first-order valence-electron chi connectivity index (χ1n) is 5.93. The number of hydrogen-bond donors (Lipinski definition) is 1. The molecule has 118 valence electrons. The van der Waals surface area contributed by atoms with Gasteiger partial charge in [0.15, 0.2) is 0 Å². The lowest BCUT2D eigenvalue weighted by atomic mass is 10.3. The quantitative estimate of drug-likeness (QED) is 0.806. The summed E-state index contributed by atoms with van der Waals surface area (Å²) >= 11 is 0. The van der Waals surface area contributed by atoms with Crippen LogP contribution < -0.4 is 5.32 Å². The van der Waals surface area contributed by atoms with Crippen LogP contribution in [0.5, 0.6) is 0 Å². The highest BCUT2D eigenvalue weighted by Crippen LogP contribution is 2.15. The molecule has 1 aromatic carbocycles. The van der Waals surface area contributed by atoms with Crippen molar-refractivity contribution in [2.24, 2.45) is 0 Å². The monoisotopic (exact) mass is 322 g/mol. The van der Waals surface area contributed by atoms with E-state index in [1.54, 1.807) is 0 Å². The lowest BCUT2D eigenvalue weighted by Gasteiger charge is -2.19. The fourth-order valence-electron chi connectivity index (χ4n) is 1.50. The van der Waals surface area contributed by atoms with E-state index >= 15 is 0 Å². The first-order valence-corrected chi connectivity index (χ1v) is 7.78. The number of halogens is 2. The van der Waals surface area contributed by atoms with Gasteiger partial charge in [-0.2, -0.15) is 4.31 Å². The molecular formula is C12H16F2N2O4S. The predicted molar refractivity (Wildman–Crippen MR) is 73.3 cm³/mol. The van der Waals surface area contributed by atoms with Gasteiger partial charge < -0.3 is 10.1 Å². The number of rotatable bonds is 7. The molecule has 0 unspecified atom stereocenters. The number of carbonyl (C=O) groups is 1. The molecule has 1 N–H and O–H groups in total. The minimum atomic E-state index is -3.60. The summed E-state index contributed by atoms with van der Waals surface area (Å²) in [4.78, 5) is 11.8. The lowest BCUT2D eigenvalue weighted by Crippen LogP contribution is -2.39. The maximum absolute atomic E-state index is 13.4. The summed E-state index contributed by atoms with van der Waals surface area (Å²) in [7, 11) is -2.21. The number of carbonyl (C=O) groups excluding carboxylic acids is 1. The van der Waals surface area contributed by atoms with Crippen LogP contribution in [0.3, 0.4) is 0 Å². The lowest BCUT2D eigenvalue weighted by molar-refractivity contribution is -0.116. The van der Waals surface area contributed by atoms with Gasteiger partial charge in [0, 0.05) is 19.7 Å². The number of sulfonamides is 1. The van der Waals surface area contributed by atoms with E-state index in [0.717, 1.165) is 22.7 Å². The maximum atomic E-state index is 13.4. The van der Waals surface area contributed by atoms with Crippen molar-refractivity contribution in [3.8, 4) is 0 Å². The van der Waals surface area contributed by atoms with Gasteiger partial charge in [-0.3, -0.25) is 4.79 Å². The number of anilines is 1. The molecule has 0 atom stereocenters. The van der Waals surface area contributed by atoms with E-state index in [1.165, 1.54) is 7.11 Å². The van der Waals surface area contributed by atoms with Crippen LogP contribution in [0.15, 0.2) is 18.2 Å². The second-order valence-corrected chi connectivity index (χ2v) is 6.24. The zero-order valence-corrected chi connectivity index (χ0v) is 12.4. The van der Waals surface area contributed by atoms with Crippen LogP contribution >= 0.6 is 0 Å². The molecule has 21 heavy (non-hydrogen) atoms. The largest absolute Gasteiger partial charge is 0.383 e. The number of ether oxygens (including phenoxy) is 1. The van der Waals surface area contributed by atoms with E-state index < -0.39 is 34.1 Å². The van der Waals surface area contributed by atoms with Crippen LogP contribution in [0.2, 0.25) is 0 Å². The Morgan fingerprint density at radius 1 is 1.38 bits per heavy atom. The second-order valence-electron chi connectivity index (χ2n) is 4.26.